The minimum Gasteiger partial charge on any atom is -0.508 e. The van der Waals surface area contributed by atoms with Gasteiger partial charge in [0.05, 0.1) is 47.9 Å². The zero-order chi connectivity index (χ0) is 91.6. The van der Waals surface area contributed by atoms with Crippen LogP contribution in [0.25, 0.3) is 21.6 Å². The van der Waals surface area contributed by atoms with Crippen LogP contribution in [0.1, 0.15) is 117 Å². The number of halogens is 2. The number of likely N-dealkylation sites (N-methyl/N-ethyl adjacent to an activating group) is 1. The molecule has 0 radical (unpaired) electrons. The molecule has 39 nitrogen and oxygen atoms in total. The first kappa shape index (κ1) is 93.9. The number of phenolic OH excluding ortho intramolecular Hbond substituents is 3. The maximum atomic E-state index is 16.4. The van der Waals surface area contributed by atoms with Gasteiger partial charge >= 0.3 is 5.97 Å². The minimum atomic E-state index is -2.42. The Morgan fingerprint density at radius 3 is 1.94 bits per heavy atom. The van der Waals surface area contributed by atoms with Crippen molar-refractivity contribution >= 4 is 81.9 Å². The summed E-state index contributed by atoms with van der Waals surface area (Å²) in [5.74, 6) is -15.9. The van der Waals surface area contributed by atoms with E-state index in [-0.39, 0.29) is 48.5 Å². The number of nitrogens with one attached hydrogen (secondary N) is 8. The number of amides is 7. The molecule has 8 aliphatic heterocycles. The summed E-state index contributed by atoms with van der Waals surface area (Å²) in [6, 6.07) is 10.4. The third-order valence-electron chi connectivity index (χ3n) is 22.4. The average molecular weight is 1830 g/mol. The molecule has 7 aromatic rings. The molecule has 127 heavy (non-hydrogen) atoms. The van der Waals surface area contributed by atoms with Crippen molar-refractivity contribution in [3.63, 3.8) is 0 Å². The number of aromatic hydroxyl groups is 3. The molecule has 8 aliphatic rings. The highest BCUT2D eigenvalue weighted by Gasteiger charge is 2.53. The second kappa shape index (κ2) is 39.5. The molecule has 6 aromatic carbocycles. The van der Waals surface area contributed by atoms with Gasteiger partial charge in [0.1, 0.15) is 126 Å². The first-order chi connectivity index (χ1) is 60.3. The number of carbonyl (C=O) groups excluding carboxylic acids is 7. The number of aliphatic hydroxyl groups is 8. The molecule has 4 unspecified atom stereocenters. The number of thiophene rings is 1. The fourth-order valence-electron chi connectivity index (χ4n) is 15.8. The number of aliphatic carboxylic acids is 1. The van der Waals surface area contributed by atoms with E-state index in [1.54, 1.807) is 0 Å². The van der Waals surface area contributed by atoms with Crippen LogP contribution in [0.3, 0.4) is 0 Å². The lowest BCUT2D eigenvalue weighted by Gasteiger charge is -2.46. The van der Waals surface area contributed by atoms with Crippen LogP contribution in [-0.2, 0) is 68.6 Å². The van der Waals surface area contributed by atoms with E-state index < -0.39 is 279 Å². The predicted octanol–water partition coefficient (Wildman–Crippen LogP) is 1.86. The summed E-state index contributed by atoms with van der Waals surface area (Å²) in [5, 5.41) is 160. The van der Waals surface area contributed by atoms with Gasteiger partial charge < -0.3 is 158 Å². The van der Waals surface area contributed by atoms with Crippen LogP contribution in [0.5, 0.6) is 51.7 Å². The number of aliphatic hydroxyl groups excluding tert-OH is 8. The first-order valence-corrected chi connectivity index (χ1v) is 42.0. The molecule has 682 valence electrons. The second-order valence-corrected chi connectivity index (χ2v) is 34.2. The average Bonchev–Trinajstić information content (AvgIpc) is 1.17. The number of fused-ring (bicyclic) bond motifs is 15. The quantitative estimate of drug-likeness (QED) is 0.0460. The van der Waals surface area contributed by atoms with Gasteiger partial charge in [-0.15, -0.1) is 11.3 Å². The van der Waals surface area contributed by atoms with Crippen LogP contribution >= 0.6 is 34.5 Å². The number of primary amides is 1. The number of ether oxygens (including phenoxy) is 9. The predicted molar refractivity (Wildman–Crippen MR) is 447 cm³/mol. The van der Waals surface area contributed by atoms with Crippen molar-refractivity contribution in [1.82, 2.24) is 42.5 Å². The third-order valence-corrected chi connectivity index (χ3v) is 24.2. The van der Waals surface area contributed by atoms with Crippen LogP contribution in [0.15, 0.2) is 115 Å². The maximum Gasteiger partial charge on any atom is 0.330 e. The highest BCUT2D eigenvalue weighted by atomic mass is 35.5. The fourth-order valence-corrected chi connectivity index (χ4v) is 17.3. The molecule has 1 aromatic heterocycles. The molecule has 0 aliphatic carbocycles. The monoisotopic (exact) mass is 1820 g/mol. The van der Waals surface area contributed by atoms with E-state index in [0.29, 0.717) is 12.4 Å². The maximum absolute atomic E-state index is 16.4. The molecule has 3 fully saturated rings. The summed E-state index contributed by atoms with van der Waals surface area (Å²) in [7, 11) is 1.46. The van der Waals surface area contributed by atoms with E-state index in [2.05, 4.69) is 42.5 Å². The van der Waals surface area contributed by atoms with Crippen molar-refractivity contribution in [2.24, 2.45) is 17.4 Å². The Hall–Kier alpha value is -10.7. The Morgan fingerprint density at radius 1 is 0.669 bits per heavy atom. The summed E-state index contributed by atoms with van der Waals surface area (Å²) < 4.78 is 56.9. The summed E-state index contributed by atoms with van der Waals surface area (Å²) in [6.07, 6.45) is -29.1. The molecule has 7 amide bonds. The largest absolute Gasteiger partial charge is 0.508 e. The van der Waals surface area contributed by atoms with E-state index >= 15 is 24.0 Å². The van der Waals surface area contributed by atoms with E-state index in [4.69, 9.17) is 77.3 Å². The molecular weight excluding hydrogens is 1730 g/mol. The molecule has 42 heteroatoms. The summed E-state index contributed by atoms with van der Waals surface area (Å²) >= 11 is 16.0. The zero-order valence-corrected chi connectivity index (χ0v) is 71.2. The van der Waals surface area contributed by atoms with Crippen molar-refractivity contribution in [3.05, 3.63) is 158 Å². The number of benzene rings is 6. The van der Waals surface area contributed by atoms with Crippen molar-refractivity contribution in [2.45, 2.75) is 200 Å². The number of carboxylic acid groups (broad SMARTS) is 1. The van der Waals surface area contributed by atoms with Gasteiger partial charge in [-0.3, -0.25) is 33.6 Å². The lowest BCUT2D eigenvalue weighted by Crippen LogP contribution is -2.65. The molecule has 0 spiro atoms. The summed E-state index contributed by atoms with van der Waals surface area (Å²) in [5.41, 5.74) is 8.94. The zero-order valence-electron chi connectivity index (χ0n) is 68.8. The van der Waals surface area contributed by atoms with Crippen LogP contribution in [0, 0.1) is 5.92 Å². The Morgan fingerprint density at radius 2 is 1.31 bits per heavy atom. The molecule has 0 saturated carbocycles. The lowest BCUT2D eigenvalue weighted by molar-refractivity contribution is -0.350. The van der Waals surface area contributed by atoms with Crippen LogP contribution in [0.4, 0.5) is 0 Å². The van der Waals surface area contributed by atoms with Gasteiger partial charge in [-0.05, 0) is 159 Å². The van der Waals surface area contributed by atoms with E-state index in [1.165, 1.54) is 44.4 Å². The molecule has 23 atom stereocenters. The van der Waals surface area contributed by atoms with Gasteiger partial charge in [0.2, 0.25) is 53.4 Å². The molecular formula is C85H98Cl2N10O29S. The molecule has 24 N–H and O–H groups in total. The Balaban J connectivity index is 0.956. The number of hydrogen-bond acceptors (Lipinski definition) is 32. The molecule has 15 rings (SSSR count). The number of rotatable bonds is 22. The highest BCUT2D eigenvalue weighted by Crippen LogP contribution is 2.51. The third kappa shape index (κ3) is 20.7. The van der Waals surface area contributed by atoms with Crippen molar-refractivity contribution in [2.75, 3.05) is 26.8 Å². The van der Waals surface area contributed by atoms with E-state index in [9.17, 15) is 75.7 Å². The van der Waals surface area contributed by atoms with Crippen LogP contribution < -0.4 is 72.9 Å². The molecule has 3 saturated heterocycles. The number of carbonyl (C=O) groups is 8. The number of carboxylic acids is 1. The molecule has 9 heterocycles. The van der Waals surface area contributed by atoms with Gasteiger partial charge in [0, 0.05) is 57.6 Å². The topological polar surface area (TPSA) is 611 Å². The number of nitrogens with two attached hydrogens (primary N) is 2. The van der Waals surface area contributed by atoms with Crippen LogP contribution in [-0.4, -0.2) is 245 Å². The fraction of sp³-hybridized carbons (Fsp3) is 0.435. The Kier molecular flexibility index (Phi) is 29.2. The van der Waals surface area contributed by atoms with E-state index in [0.717, 1.165) is 82.0 Å². The van der Waals surface area contributed by atoms with Gasteiger partial charge in [-0.1, -0.05) is 55.2 Å². The Labute approximate surface area is 738 Å². The standard InChI is InChI=1S/C85H98Cl2N10O29S/c1-7-118-41-13-8-35(9-14-41)57-19-15-42(127-57)30-91-31-55-67(104)68(105)70(107)83(122-55)126-74-56(32-98)123-84(71(108)69(74)106)125-73-53-24-39-25-54(73)121-52-18-12-38(23-46(52)87)72(124-59-29-85(5,89)75(109)34(4)119-59)65-81(115)95-63(82(116)117)44-26-40(99)27-50(101)60(44)43-21-36(10-16-49(43)100)61(78(112)97-65)94-79(113)62(39)93-77(111)48(28-58(88)102)92-80(114)64(96-76(110)47(90-6)20-33(2)3)66(103)37-11-17-51(120-53)45(86)22-37/h8-19,21-27,33-34,47-48,55-56,59,61-72,74-75,83-84,90-91,98-101,103-109H,7,20,28-32,89H2,1-6H3,(H2,88,102)(H,92,114)(H,93,111)(H,94,113)(H,95,115)(H,96,110)(H,97,112)(H,116,117)/t34-,47+,48?,55+,56+,59?,61+,62+,63?,64?,65-,66+,67-,68-,69+,70+,71+,72+,74+,75-,83-,84-,85-/m0/s1. The van der Waals surface area contributed by atoms with Gasteiger partial charge in [-0.25, -0.2) is 4.79 Å². The van der Waals surface area contributed by atoms with E-state index in [1.807, 2.05) is 57.2 Å². The normalized spacial score (nSPS) is 29.5. The SMILES string of the molecule is CCOc1ccc(-c2ccc(CNC[C@H]3O[C@@H](O[C@H]4[C@H](O)[C@@H](O)[C@H](Oc5c6cc7cc5Oc5ccc(cc5Cl)[C@@H](OC5C[C@](C)(N)[C@@H](O)[C@H](C)O5)[C@@H]5NC(=O)[C@H](NC(=O)[C@@H]7NC(=O)C(CC(N)=O)NC(=O)C(NC(=O)[C@@H](CC(C)C)NC)[C@H](O)c7ccc(c(Cl)c7)O6)c6ccc(O)c(c6)-c6c(O)cc(O)cc6C(C(=O)O)NC5=O)O[C@@H]4CO)[C@H](O)[C@@H](O)[C@H]3O)s2)cc1. The lowest BCUT2D eigenvalue weighted by atomic mass is 9.86. The minimum absolute atomic E-state index is 0.129. The summed E-state index contributed by atoms with van der Waals surface area (Å²) in [4.78, 5) is 122. The van der Waals surface area contributed by atoms with Crippen molar-refractivity contribution in [1.29, 1.82) is 0 Å². The Bertz CT molecular complexity index is 5270. The number of hydrogen-bond donors (Lipinski definition) is 22. The highest BCUT2D eigenvalue weighted by molar-refractivity contribution is 7.15. The summed E-state index contributed by atoms with van der Waals surface area (Å²) in [6.45, 7) is 7.88. The van der Waals surface area contributed by atoms with Crippen LogP contribution in [0.2, 0.25) is 10.0 Å². The second-order valence-electron chi connectivity index (χ2n) is 32.2. The van der Waals surface area contributed by atoms with Gasteiger partial charge in [-0.2, -0.15) is 0 Å². The number of phenols is 3. The smallest absolute Gasteiger partial charge is 0.330 e. The van der Waals surface area contributed by atoms with Crippen molar-refractivity contribution in [3.8, 4) is 73.3 Å². The van der Waals surface area contributed by atoms with Gasteiger partial charge in [0.15, 0.2) is 30.1 Å². The van der Waals surface area contributed by atoms with Crippen molar-refractivity contribution < 1.29 is 142 Å². The molecule has 11 bridgehead atoms. The first-order valence-electron chi connectivity index (χ1n) is 40.5. The van der Waals surface area contributed by atoms with Gasteiger partial charge in [0.25, 0.3) is 0 Å².